The summed E-state index contributed by atoms with van der Waals surface area (Å²) in [6.07, 6.45) is 1.33. The first-order valence-electron chi connectivity index (χ1n) is 6.85. The summed E-state index contributed by atoms with van der Waals surface area (Å²) in [6.45, 7) is 0. The number of fused-ring (bicyclic) bond motifs is 1. The normalized spacial score (nSPS) is 11.0. The fourth-order valence-electron chi connectivity index (χ4n) is 2.13. The maximum absolute atomic E-state index is 12.0. The number of para-hydroxylation sites is 1. The zero-order chi connectivity index (χ0) is 16.2. The summed E-state index contributed by atoms with van der Waals surface area (Å²) < 4.78 is 0.677. The molecule has 5 nitrogen and oxygen atoms in total. The van der Waals surface area contributed by atoms with Crippen molar-refractivity contribution in [2.75, 3.05) is 0 Å². The molecule has 23 heavy (non-hydrogen) atoms. The van der Waals surface area contributed by atoms with E-state index >= 15 is 0 Å². The fraction of sp³-hybridized carbons (Fsp3) is 0. The predicted molar refractivity (Wildman–Crippen MR) is 93.8 cm³/mol. The van der Waals surface area contributed by atoms with Gasteiger partial charge in [0.25, 0.3) is 11.5 Å². The average Bonchev–Trinajstić information content (AvgIpc) is 2.55. The first-order chi connectivity index (χ1) is 11.1. The molecular formula is C17H12BrN3O2. The van der Waals surface area contributed by atoms with Crippen LogP contribution in [0.3, 0.4) is 0 Å². The van der Waals surface area contributed by atoms with E-state index in [4.69, 9.17) is 0 Å². The summed E-state index contributed by atoms with van der Waals surface area (Å²) in [7, 11) is 0. The highest BCUT2D eigenvalue weighted by atomic mass is 79.9. The molecule has 1 aromatic heterocycles. The van der Waals surface area contributed by atoms with Crippen molar-refractivity contribution in [2.45, 2.75) is 0 Å². The predicted octanol–water partition coefficient (Wildman–Crippen LogP) is 3.05. The number of hydrogen-bond acceptors (Lipinski definition) is 3. The van der Waals surface area contributed by atoms with Crippen LogP contribution in [0.2, 0.25) is 0 Å². The van der Waals surface area contributed by atoms with Crippen molar-refractivity contribution in [1.82, 2.24) is 10.4 Å². The number of benzene rings is 2. The molecule has 0 saturated carbocycles. The number of halogens is 1. The first kappa shape index (κ1) is 15.2. The fourth-order valence-corrected chi connectivity index (χ4v) is 2.59. The van der Waals surface area contributed by atoms with E-state index in [0.717, 1.165) is 10.9 Å². The lowest BCUT2D eigenvalue weighted by Crippen LogP contribution is -2.19. The second-order valence-corrected chi connectivity index (χ2v) is 5.67. The van der Waals surface area contributed by atoms with Crippen LogP contribution in [0, 0.1) is 0 Å². The van der Waals surface area contributed by atoms with Gasteiger partial charge in [0, 0.05) is 9.99 Å². The number of rotatable bonds is 3. The van der Waals surface area contributed by atoms with Gasteiger partial charge in [-0.1, -0.05) is 30.3 Å². The van der Waals surface area contributed by atoms with Gasteiger partial charge in [-0.25, -0.2) is 5.43 Å². The molecule has 0 aliphatic heterocycles. The van der Waals surface area contributed by atoms with Crippen LogP contribution < -0.4 is 11.0 Å². The number of pyridine rings is 1. The monoisotopic (exact) mass is 369 g/mol. The zero-order valence-corrected chi connectivity index (χ0v) is 13.5. The maximum atomic E-state index is 12.0. The third-order valence-electron chi connectivity index (χ3n) is 3.27. The molecule has 0 atom stereocenters. The summed E-state index contributed by atoms with van der Waals surface area (Å²) in [4.78, 5) is 26.7. The zero-order valence-electron chi connectivity index (χ0n) is 11.9. The molecule has 6 heteroatoms. The largest absolute Gasteiger partial charge is 0.321 e. The standard InChI is InChI=1S/C17H12BrN3O2/c18-14-7-3-2-6-13(14)17(23)21-19-10-12-9-11-5-1-4-8-15(11)20-16(12)22/h1-10H,(H,20,22)(H,21,23). The van der Waals surface area contributed by atoms with E-state index in [2.05, 4.69) is 31.4 Å². The molecule has 0 bridgehead atoms. The Kier molecular flexibility index (Phi) is 4.34. The van der Waals surface area contributed by atoms with Crippen molar-refractivity contribution in [1.29, 1.82) is 0 Å². The highest BCUT2D eigenvalue weighted by Crippen LogP contribution is 2.15. The number of carbonyl (C=O) groups excluding carboxylic acids is 1. The Labute approximate surface area is 140 Å². The molecular weight excluding hydrogens is 358 g/mol. The molecule has 0 aliphatic rings. The Morgan fingerprint density at radius 2 is 1.87 bits per heavy atom. The van der Waals surface area contributed by atoms with Gasteiger partial charge in [-0.05, 0) is 45.6 Å². The van der Waals surface area contributed by atoms with E-state index in [1.165, 1.54) is 6.21 Å². The minimum absolute atomic E-state index is 0.261. The van der Waals surface area contributed by atoms with Crippen LogP contribution >= 0.6 is 15.9 Å². The van der Waals surface area contributed by atoms with Crippen molar-refractivity contribution in [3.8, 4) is 0 Å². The Hall–Kier alpha value is -2.73. The first-order valence-corrected chi connectivity index (χ1v) is 7.64. The number of nitrogens with zero attached hydrogens (tertiary/aromatic N) is 1. The highest BCUT2D eigenvalue weighted by Gasteiger charge is 2.07. The second-order valence-electron chi connectivity index (χ2n) is 4.82. The smallest absolute Gasteiger partial charge is 0.272 e. The van der Waals surface area contributed by atoms with E-state index in [9.17, 15) is 9.59 Å². The van der Waals surface area contributed by atoms with Crippen LogP contribution in [0.5, 0.6) is 0 Å². The van der Waals surface area contributed by atoms with Crippen molar-refractivity contribution in [3.63, 3.8) is 0 Å². The Morgan fingerprint density at radius 3 is 2.70 bits per heavy atom. The van der Waals surface area contributed by atoms with Crippen molar-refractivity contribution in [3.05, 3.63) is 80.6 Å². The van der Waals surface area contributed by atoms with E-state index in [0.29, 0.717) is 15.6 Å². The number of aromatic amines is 1. The third-order valence-corrected chi connectivity index (χ3v) is 3.96. The van der Waals surface area contributed by atoms with Crippen LogP contribution in [0.15, 0.2) is 69.0 Å². The Morgan fingerprint density at radius 1 is 1.13 bits per heavy atom. The molecule has 114 valence electrons. The summed E-state index contributed by atoms with van der Waals surface area (Å²) >= 11 is 3.30. The number of H-pyrrole nitrogens is 1. The topological polar surface area (TPSA) is 74.3 Å². The lowest BCUT2D eigenvalue weighted by Gasteiger charge is -2.02. The van der Waals surface area contributed by atoms with Gasteiger partial charge in [0.1, 0.15) is 0 Å². The van der Waals surface area contributed by atoms with Gasteiger partial charge >= 0.3 is 0 Å². The minimum Gasteiger partial charge on any atom is -0.321 e. The number of nitrogens with one attached hydrogen (secondary N) is 2. The molecule has 0 radical (unpaired) electrons. The summed E-state index contributed by atoms with van der Waals surface area (Å²) in [6, 6.07) is 16.2. The van der Waals surface area contributed by atoms with Gasteiger partial charge in [-0.3, -0.25) is 9.59 Å². The van der Waals surface area contributed by atoms with E-state index < -0.39 is 0 Å². The molecule has 0 spiro atoms. The highest BCUT2D eigenvalue weighted by molar-refractivity contribution is 9.10. The molecule has 0 fully saturated rings. The van der Waals surface area contributed by atoms with Gasteiger partial charge in [0.15, 0.2) is 0 Å². The molecule has 0 saturated heterocycles. The van der Waals surface area contributed by atoms with Gasteiger partial charge in [-0.2, -0.15) is 5.10 Å². The summed E-state index contributed by atoms with van der Waals surface area (Å²) in [5, 5.41) is 4.76. The van der Waals surface area contributed by atoms with Crippen molar-refractivity contribution < 1.29 is 4.79 Å². The maximum Gasteiger partial charge on any atom is 0.272 e. The van der Waals surface area contributed by atoms with Crippen molar-refractivity contribution in [2.24, 2.45) is 5.10 Å². The average molecular weight is 370 g/mol. The molecule has 3 rings (SSSR count). The lowest BCUT2D eigenvalue weighted by molar-refractivity contribution is 0.0954. The molecule has 1 amide bonds. The third kappa shape index (κ3) is 3.37. The van der Waals surface area contributed by atoms with Crippen LogP contribution in [0.4, 0.5) is 0 Å². The van der Waals surface area contributed by atoms with E-state index in [-0.39, 0.29) is 11.5 Å². The number of hydrazone groups is 1. The van der Waals surface area contributed by atoms with Crippen molar-refractivity contribution >= 4 is 39.0 Å². The van der Waals surface area contributed by atoms with Crippen LogP contribution in [0.1, 0.15) is 15.9 Å². The second kappa shape index (κ2) is 6.58. The molecule has 2 aromatic carbocycles. The molecule has 0 unspecified atom stereocenters. The van der Waals surface area contributed by atoms with Crippen LogP contribution in [-0.4, -0.2) is 17.1 Å². The lowest BCUT2D eigenvalue weighted by atomic mass is 10.2. The quantitative estimate of drug-likeness (QED) is 0.549. The SMILES string of the molecule is O=C(NN=Cc1cc2ccccc2[nH]c1=O)c1ccccc1Br. The number of aromatic nitrogens is 1. The summed E-state index contributed by atoms with van der Waals surface area (Å²) in [5.74, 6) is -0.356. The van der Waals surface area contributed by atoms with Crippen LogP contribution in [-0.2, 0) is 0 Å². The van der Waals surface area contributed by atoms with Gasteiger partial charge in [0.2, 0.25) is 0 Å². The minimum atomic E-state index is -0.356. The summed E-state index contributed by atoms with van der Waals surface area (Å²) in [5.41, 5.74) is 3.75. The van der Waals surface area contributed by atoms with Crippen LogP contribution in [0.25, 0.3) is 10.9 Å². The number of amides is 1. The van der Waals surface area contributed by atoms with Gasteiger partial charge < -0.3 is 4.98 Å². The Balaban J connectivity index is 1.81. The van der Waals surface area contributed by atoms with Gasteiger partial charge in [0.05, 0.1) is 17.3 Å². The number of carbonyl (C=O) groups is 1. The molecule has 2 N–H and O–H groups in total. The number of hydrogen-bond donors (Lipinski definition) is 2. The molecule has 1 heterocycles. The van der Waals surface area contributed by atoms with E-state index in [1.54, 1.807) is 24.3 Å². The molecule has 3 aromatic rings. The van der Waals surface area contributed by atoms with Gasteiger partial charge in [-0.15, -0.1) is 0 Å². The Bertz CT molecular complexity index is 963. The van der Waals surface area contributed by atoms with E-state index in [1.807, 2.05) is 30.3 Å². The molecule has 0 aliphatic carbocycles.